The van der Waals surface area contributed by atoms with Crippen molar-refractivity contribution < 1.29 is 4.79 Å². The monoisotopic (exact) mass is 576 g/mol. The normalized spacial score (nSPS) is 11.1. The molecule has 0 spiro atoms. The average Bonchev–Trinajstić information content (AvgIpc) is 3.11. The van der Waals surface area contributed by atoms with E-state index in [0.717, 1.165) is 20.0 Å². The van der Waals surface area contributed by atoms with E-state index in [9.17, 15) is 9.59 Å². The van der Waals surface area contributed by atoms with Crippen LogP contribution in [0.3, 0.4) is 0 Å². The lowest BCUT2D eigenvalue weighted by molar-refractivity contribution is -0.113. The minimum atomic E-state index is -0.145. The number of nitrogens with zero attached hydrogens (tertiary/aromatic N) is 5. The molecule has 32 heavy (non-hydrogen) atoms. The number of benzene rings is 2. The van der Waals surface area contributed by atoms with Gasteiger partial charge < -0.3 is 9.88 Å². The smallest absolute Gasteiger partial charge is 0.274 e. The topological polar surface area (TPSA) is 94.7 Å². The lowest BCUT2D eigenvalue weighted by Crippen LogP contribution is -2.21. The van der Waals surface area contributed by atoms with Gasteiger partial charge in [-0.3, -0.25) is 9.59 Å². The van der Waals surface area contributed by atoms with Crippen LogP contribution in [0.2, 0.25) is 0 Å². The van der Waals surface area contributed by atoms with Crippen LogP contribution in [-0.2, 0) is 25.3 Å². The van der Waals surface area contributed by atoms with Crippen LogP contribution < -0.4 is 10.9 Å². The Morgan fingerprint density at radius 2 is 1.84 bits per heavy atom. The molecule has 2 aromatic carbocycles. The van der Waals surface area contributed by atoms with E-state index in [2.05, 4.69) is 52.5 Å². The predicted molar refractivity (Wildman–Crippen MR) is 132 cm³/mol. The van der Waals surface area contributed by atoms with Crippen LogP contribution in [0, 0.1) is 0 Å². The molecule has 2 heterocycles. The fourth-order valence-electron chi connectivity index (χ4n) is 3.19. The first kappa shape index (κ1) is 22.7. The van der Waals surface area contributed by atoms with Crippen LogP contribution in [0.1, 0.15) is 11.5 Å². The maximum absolute atomic E-state index is 12.4. The Balaban J connectivity index is 1.47. The summed E-state index contributed by atoms with van der Waals surface area (Å²) in [7, 11) is 3.49. The average molecular weight is 578 g/mol. The standard InChI is InChI=1S/C21H18Br2N6O2S/c1-28-18(10-17-13-5-3-4-6-14(13)20(31)29(2)27-17)25-26-21(28)32-11-19(30)24-16-8-7-12(22)9-15(16)23/h3-9H,10-11H2,1-2H3,(H,24,30). The number of aryl methyl sites for hydroxylation is 1. The Morgan fingerprint density at radius 1 is 1.09 bits per heavy atom. The van der Waals surface area contributed by atoms with E-state index in [1.54, 1.807) is 13.1 Å². The number of carbonyl (C=O) groups is 1. The molecule has 4 aromatic rings. The highest BCUT2D eigenvalue weighted by atomic mass is 79.9. The van der Waals surface area contributed by atoms with Crippen molar-refractivity contribution in [2.45, 2.75) is 11.6 Å². The number of aromatic nitrogens is 5. The number of carbonyl (C=O) groups excluding carboxylic acids is 1. The second kappa shape index (κ2) is 9.55. The molecule has 0 bridgehead atoms. The van der Waals surface area contributed by atoms with Crippen molar-refractivity contribution in [2.75, 3.05) is 11.1 Å². The SMILES string of the molecule is Cn1c(Cc2nn(C)c(=O)c3ccccc23)nnc1SCC(=O)Nc1ccc(Br)cc1Br. The Kier molecular flexibility index (Phi) is 6.77. The van der Waals surface area contributed by atoms with Gasteiger partial charge in [-0.25, -0.2) is 4.68 Å². The molecular formula is C21H18Br2N6O2S. The quantitative estimate of drug-likeness (QED) is 0.349. The molecule has 0 aliphatic carbocycles. The van der Waals surface area contributed by atoms with Gasteiger partial charge in [0, 0.05) is 28.4 Å². The van der Waals surface area contributed by atoms with Crippen molar-refractivity contribution in [1.29, 1.82) is 0 Å². The molecule has 1 amide bonds. The van der Waals surface area contributed by atoms with Crippen LogP contribution in [0.25, 0.3) is 10.8 Å². The van der Waals surface area contributed by atoms with Gasteiger partial charge in [0.15, 0.2) is 5.16 Å². The van der Waals surface area contributed by atoms with Crippen molar-refractivity contribution in [3.63, 3.8) is 0 Å². The molecule has 0 fully saturated rings. The molecule has 0 aliphatic heterocycles. The molecule has 164 valence electrons. The number of anilines is 1. The van der Waals surface area contributed by atoms with Crippen LogP contribution in [-0.4, -0.2) is 36.2 Å². The highest BCUT2D eigenvalue weighted by Gasteiger charge is 2.16. The number of thioether (sulfide) groups is 1. The van der Waals surface area contributed by atoms with Gasteiger partial charge in [-0.1, -0.05) is 45.9 Å². The lowest BCUT2D eigenvalue weighted by Gasteiger charge is -2.09. The zero-order valence-electron chi connectivity index (χ0n) is 17.2. The van der Waals surface area contributed by atoms with Gasteiger partial charge in [0.1, 0.15) is 5.82 Å². The Labute approximate surface area is 204 Å². The number of rotatable bonds is 6. The van der Waals surface area contributed by atoms with Gasteiger partial charge in [0.2, 0.25) is 5.91 Å². The number of nitrogens with one attached hydrogen (secondary N) is 1. The van der Waals surface area contributed by atoms with Crippen molar-refractivity contribution in [2.24, 2.45) is 14.1 Å². The summed E-state index contributed by atoms with van der Waals surface area (Å²) < 4.78 is 4.90. The third kappa shape index (κ3) is 4.79. The number of halogens is 2. The molecule has 0 unspecified atom stereocenters. The minimum absolute atomic E-state index is 0.137. The van der Waals surface area contributed by atoms with E-state index in [1.165, 1.54) is 16.4 Å². The first-order valence-electron chi connectivity index (χ1n) is 9.54. The number of fused-ring (bicyclic) bond motifs is 1. The van der Waals surface area contributed by atoms with Crippen molar-refractivity contribution >= 4 is 66.0 Å². The van der Waals surface area contributed by atoms with E-state index in [1.807, 2.05) is 48.0 Å². The predicted octanol–water partition coefficient (Wildman–Crippen LogP) is 3.91. The van der Waals surface area contributed by atoms with E-state index in [0.29, 0.717) is 28.5 Å². The molecule has 2 aromatic heterocycles. The second-order valence-electron chi connectivity index (χ2n) is 7.02. The summed E-state index contributed by atoms with van der Waals surface area (Å²) in [6.07, 6.45) is 0.413. The largest absolute Gasteiger partial charge is 0.324 e. The van der Waals surface area contributed by atoms with Gasteiger partial charge in [-0.2, -0.15) is 5.10 Å². The summed E-state index contributed by atoms with van der Waals surface area (Å²) in [5.41, 5.74) is 1.31. The highest BCUT2D eigenvalue weighted by Crippen LogP contribution is 2.27. The van der Waals surface area contributed by atoms with Crippen molar-refractivity contribution in [3.8, 4) is 0 Å². The first-order valence-corrected chi connectivity index (χ1v) is 12.1. The van der Waals surface area contributed by atoms with Crippen LogP contribution in [0.15, 0.2) is 61.4 Å². The molecule has 0 radical (unpaired) electrons. The second-order valence-corrected chi connectivity index (χ2v) is 9.73. The highest BCUT2D eigenvalue weighted by molar-refractivity contribution is 9.11. The molecule has 0 atom stereocenters. The van der Waals surface area contributed by atoms with Crippen LogP contribution in [0.4, 0.5) is 5.69 Å². The van der Waals surface area contributed by atoms with Crippen molar-refractivity contribution in [1.82, 2.24) is 24.5 Å². The van der Waals surface area contributed by atoms with Gasteiger partial charge in [0.25, 0.3) is 5.56 Å². The first-order chi connectivity index (χ1) is 15.3. The summed E-state index contributed by atoms with van der Waals surface area (Å²) >= 11 is 8.13. The molecule has 0 saturated heterocycles. The fraction of sp³-hybridized carbons (Fsp3) is 0.190. The summed E-state index contributed by atoms with van der Waals surface area (Å²) in [5.74, 6) is 0.739. The van der Waals surface area contributed by atoms with E-state index < -0.39 is 0 Å². The maximum Gasteiger partial charge on any atom is 0.274 e. The zero-order chi connectivity index (χ0) is 22.8. The van der Waals surface area contributed by atoms with E-state index >= 15 is 0 Å². The zero-order valence-corrected chi connectivity index (χ0v) is 21.2. The van der Waals surface area contributed by atoms with Gasteiger partial charge in [0.05, 0.1) is 28.9 Å². The summed E-state index contributed by atoms with van der Waals surface area (Å²) in [6, 6.07) is 12.9. The Hall–Kier alpha value is -2.50. The molecule has 1 N–H and O–H groups in total. The van der Waals surface area contributed by atoms with Gasteiger partial charge >= 0.3 is 0 Å². The van der Waals surface area contributed by atoms with Crippen molar-refractivity contribution in [3.05, 3.63) is 73.3 Å². The molecular weight excluding hydrogens is 560 g/mol. The van der Waals surface area contributed by atoms with E-state index in [-0.39, 0.29) is 17.2 Å². The fourth-order valence-corrected chi connectivity index (χ4v) is 5.06. The molecule has 0 aliphatic rings. The van der Waals surface area contributed by atoms with Gasteiger partial charge in [-0.15, -0.1) is 10.2 Å². The van der Waals surface area contributed by atoms with Crippen LogP contribution in [0.5, 0.6) is 0 Å². The van der Waals surface area contributed by atoms with Crippen LogP contribution >= 0.6 is 43.6 Å². The molecule has 0 saturated carbocycles. The summed E-state index contributed by atoms with van der Waals surface area (Å²) in [6.45, 7) is 0. The molecule has 8 nitrogen and oxygen atoms in total. The van der Waals surface area contributed by atoms with E-state index in [4.69, 9.17) is 0 Å². The summed E-state index contributed by atoms with van der Waals surface area (Å²) in [4.78, 5) is 24.7. The third-order valence-electron chi connectivity index (χ3n) is 4.82. The third-order valence-corrected chi connectivity index (χ3v) is 6.99. The number of hydrogen-bond acceptors (Lipinski definition) is 6. The minimum Gasteiger partial charge on any atom is -0.324 e. The summed E-state index contributed by atoms with van der Waals surface area (Å²) in [5, 5.41) is 17.8. The number of amides is 1. The Morgan fingerprint density at radius 3 is 2.59 bits per heavy atom. The maximum atomic E-state index is 12.4. The Bertz CT molecular complexity index is 1380. The number of hydrogen-bond donors (Lipinski definition) is 1. The lowest BCUT2D eigenvalue weighted by atomic mass is 10.1. The molecule has 11 heteroatoms. The van der Waals surface area contributed by atoms with Gasteiger partial charge in [-0.05, 0) is 40.2 Å². The molecule has 4 rings (SSSR count).